The SMILES string of the molecule is CO[C@@H]1[C@@H](O)[C@@H](OC)C(Nc2c(C(=O)O)c(C)cc3c2C2C(=O)c4cc5c(cc4C(=O)C2(OC)CC3)C(=O)C=CC5=O)O[C@H]1C. The zero-order valence-corrected chi connectivity index (χ0v) is 25.3. The summed E-state index contributed by atoms with van der Waals surface area (Å²) in [4.78, 5) is 67.1. The van der Waals surface area contributed by atoms with Gasteiger partial charge in [-0.2, -0.15) is 0 Å². The molecule has 3 unspecified atom stereocenters. The topological polar surface area (TPSA) is 175 Å². The van der Waals surface area contributed by atoms with E-state index in [1.165, 1.54) is 33.5 Å². The number of carbonyl (C=O) groups excluding carboxylic acids is 4. The minimum absolute atomic E-state index is 0.00560. The van der Waals surface area contributed by atoms with Crippen LogP contribution in [0, 0.1) is 6.92 Å². The van der Waals surface area contributed by atoms with Gasteiger partial charge in [0, 0.05) is 43.6 Å². The van der Waals surface area contributed by atoms with Gasteiger partial charge in [-0.25, -0.2) is 4.79 Å². The fourth-order valence-corrected chi connectivity index (χ4v) is 7.46. The lowest BCUT2D eigenvalue weighted by molar-refractivity contribution is -0.223. The Bertz CT molecular complexity index is 1710. The maximum atomic E-state index is 14.6. The average Bonchev–Trinajstić information content (AvgIpc) is 3.00. The first-order valence-corrected chi connectivity index (χ1v) is 14.5. The first-order valence-electron chi connectivity index (χ1n) is 14.5. The lowest BCUT2D eigenvalue weighted by atomic mass is 9.60. The van der Waals surface area contributed by atoms with Crippen molar-refractivity contribution in [1.82, 2.24) is 0 Å². The minimum atomic E-state index is -1.73. The molecule has 3 N–H and O–H groups in total. The first-order chi connectivity index (χ1) is 21.4. The van der Waals surface area contributed by atoms with Gasteiger partial charge in [-0.15, -0.1) is 0 Å². The second kappa shape index (κ2) is 11.1. The van der Waals surface area contributed by atoms with Crippen molar-refractivity contribution in [2.45, 2.75) is 68.9 Å². The minimum Gasteiger partial charge on any atom is -0.478 e. The monoisotopic (exact) mass is 619 g/mol. The van der Waals surface area contributed by atoms with Gasteiger partial charge in [0.25, 0.3) is 0 Å². The summed E-state index contributed by atoms with van der Waals surface area (Å²) in [6, 6.07) is 4.24. The molecule has 0 bridgehead atoms. The van der Waals surface area contributed by atoms with Crippen LogP contribution in [0.3, 0.4) is 0 Å². The molecule has 2 aromatic rings. The van der Waals surface area contributed by atoms with Crippen LogP contribution < -0.4 is 5.32 Å². The van der Waals surface area contributed by atoms with Crippen LogP contribution in [0.25, 0.3) is 0 Å². The van der Waals surface area contributed by atoms with Crippen LogP contribution in [-0.4, -0.2) is 96.9 Å². The van der Waals surface area contributed by atoms with Crippen molar-refractivity contribution in [1.29, 1.82) is 0 Å². The lowest BCUT2D eigenvalue weighted by Crippen LogP contribution is -2.60. The number of ketones is 4. The molecule has 7 atom stereocenters. The number of aromatic carboxylic acids is 1. The molecule has 0 radical (unpaired) electrons. The van der Waals surface area contributed by atoms with E-state index in [4.69, 9.17) is 18.9 Å². The number of nitrogens with one attached hydrogen (secondary N) is 1. The Hall–Kier alpha value is -4.07. The predicted molar refractivity (Wildman–Crippen MR) is 157 cm³/mol. The quantitative estimate of drug-likeness (QED) is 0.432. The van der Waals surface area contributed by atoms with Gasteiger partial charge in [0.15, 0.2) is 29.4 Å². The van der Waals surface area contributed by atoms with Crippen molar-refractivity contribution in [3.63, 3.8) is 0 Å². The molecule has 12 nitrogen and oxygen atoms in total. The molecule has 1 aliphatic heterocycles. The molecule has 1 saturated heterocycles. The highest BCUT2D eigenvalue weighted by molar-refractivity contribution is 6.27. The number of methoxy groups -OCH3 is 3. The van der Waals surface area contributed by atoms with Gasteiger partial charge in [-0.3, -0.25) is 19.2 Å². The average molecular weight is 620 g/mol. The number of aliphatic hydroxyl groups excluding tert-OH is 1. The van der Waals surface area contributed by atoms with Crippen molar-refractivity contribution in [2.75, 3.05) is 26.6 Å². The number of carboxylic acid groups (broad SMARTS) is 1. The summed E-state index contributed by atoms with van der Waals surface area (Å²) in [5.74, 6) is -4.65. The van der Waals surface area contributed by atoms with Gasteiger partial charge in [0.05, 0.1) is 23.3 Å². The number of fused-ring (bicyclic) bond motifs is 5. The first kappa shape index (κ1) is 30.9. The number of carboxylic acids is 1. The Balaban J connectivity index is 1.57. The Morgan fingerprint density at radius 2 is 1.58 bits per heavy atom. The largest absolute Gasteiger partial charge is 0.478 e. The Morgan fingerprint density at radius 1 is 0.956 bits per heavy atom. The van der Waals surface area contributed by atoms with Crippen molar-refractivity contribution in [3.8, 4) is 0 Å². The van der Waals surface area contributed by atoms with Gasteiger partial charge in [0.1, 0.15) is 23.9 Å². The number of benzene rings is 2. The van der Waals surface area contributed by atoms with Crippen molar-refractivity contribution in [2.24, 2.45) is 0 Å². The van der Waals surface area contributed by atoms with Crippen LogP contribution in [0.15, 0.2) is 30.4 Å². The van der Waals surface area contributed by atoms with Gasteiger partial charge in [0.2, 0.25) is 0 Å². The molecule has 6 rings (SSSR count). The van der Waals surface area contributed by atoms with E-state index < -0.39 is 71.3 Å². The van der Waals surface area contributed by atoms with E-state index in [0.29, 0.717) is 11.1 Å². The summed E-state index contributed by atoms with van der Waals surface area (Å²) >= 11 is 0. The molecular weight excluding hydrogens is 586 g/mol. The number of rotatable bonds is 6. The summed E-state index contributed by atoms with van der Waals surface area (Å²) in [6.45, 7) is 3.33. The van der Waals surface area contributed by atoms with Gasteiger partial charge >= 0.3 is 5.97 Å². The molecule has 12 heteroatoms. The third kappa shape index (κ3) is 4.43. The van der Waals surface area contributed by atoms with E-state index in [9.17, 15) is 34.2 Å². The van der Waals surface area contributed by atoms with Crippen LogP contribution in [0.2, 0.25) is 0 Å². The standard InChI is InChI=1S/C33H33NO11/c1-13-10-15-8-9-33(44-5)24(26(37)18-11-16-17(12-19(18)30(33)39)21(36)7-6-20(16)35)23(15)25(22(13)32(40)41)34-31-29(43-4)27(38)28(42-3)14(2)45-31/h6-7,10-12,14,24,27-29,31,34,38H,8-9H2,1-5H3,(H,40,41)/t14-,24?,27+,28-,29+,31?,33?/m0/s1. The summed E-state index contributed by atoms with van der Waals surface area (Å²) in [5, 5.41) is 24.6. The van der Waals surface area contributed by atoms with Gasteiger partial charge in [-0.1, -0.05) is 6.07 Å². The van der Waals surface area contributed by atoms with E-state index in [2.05, 4.69) is 5.32 Å². The number of Topliss-reactive ketones (excluding diaryl/α,β-unsaturated/α-hetero) is 2. The highest BCUT2D eigenvalue weighted by Gasteiger charge is 2.58. The van der Waals surface area contributed by atoms with Crippen molar-refractivity contribution in [3.05, 3.63) is 74.9 Å². The van der Waals surface area contributed by atoms with Crippen LogP contribution in [0.5, 0.6) is 0 Å². The van der Waals surface area contributed by atoms with E-state index in [0.717, 1.165) is 12.2 Å². The van der Waals surface area contributed by atoms with Crippen molar-refractivity contribution >= 4 is 34.8 Å². The number of hydrogen-bond acceptors (Lipinski definition) is 11. The maximum absolute atomic E-state index is 14.6. The maximum Gasteiger partial charge on any atom is 0.338 e. The molecule has 3 aliphatic carbocycles. The highest BCUT2D eigenvalue weighted by Crippen LogP contribution is 2.52. The number of hydrogen-bond donors (Lipinski definition) is 3. The molecule has 0 aromatic heterocycles. The van der Waals surface area contributed by atoms with Gasteiger partial charge < -0.3 is 34.5 Å². The summed E-state index contributed by atoms with van der Waals surface area (Å²) in [7, 11) is 4.12. The van der Waals surface area contributed by atoms with Gasteiger partial charge in [-0.05, 0) is 67.7 Å². The fourth-order valence-electron chi connectivity index (χ4n) is 7.46. The van der Waals surface area contributed by atoms with Crippen LogP contribution in [0.1, 0.15) is 87.7 Å². The lowest BCUT2D eigenvalue weighted by Gasteiger charge is -2.47. The zero-order chi connectivity index (χ0) is 32.5. The molecule has 1 heterocycles. The number of allylic oxidation sites excluding steroid dienone is 2. The normalized spacial score (nSPS) is 30.4. The second-order valence-electron chi connectivity index (χ2n) is 11.8. The van der Waals surface area contributed by atoms with E-state index in [1.807, 2.05) is 0 Å². The molecular formula is C33H33NO11. The molecule has 4 aliphatic rings. The Labute approximate surface area is 258 Å². The van der Waals surface area contributed by atoms with Crippen LogP contribution in [0.4, 0.5) is 5.69 Å². The summed E-state index contributed by atoms with van der Waals surface area (Å²) in [6.07, 6.45) is -2.01. The van der Waals surface area contributed by atoms with Crippen LogP contribution in [-0.2, 0) is 25.4 Å². The summed E-state index contributed by atoms with van der Waals surface area (Å²) in [5.41, 5.74) is -0.641. The second-order valence-corrected chi connectivity index (χ2v) is 11.8. The molecule has 0 saturated carbocycles. The Morgan fingerprint density at radius 3 is 2.16 bits per heavy atom. The molecule has 0 spiro atoms. The van der Waals surface area contributed by atoms with E-state index in [-0.39, 0.29) is 51.9 Å². The van der Waals surface area contributed by atoms with Crippen LogP contribution >= 0.6 is 0 Å². The number of anilines is 1. The smallest absolute Gasteiger partial charge is 0.338 e. The summed E-state index contributed by atoms with van der Waals surface area (Å²) < 4.78 is 23.0. The molecule has 236 valence electrons. The fraction of sp³-hybridized carbons (Fsp3) is 0.424. The third-order valence-electron chi connectivity index (χ3n) is 9.61. The van der Waals surface area contributed by atoms with E-state index in [1.54, 1.807) is 19.9 Å². The predicted octanol–water partition coefficient (Wildman–Crippen LogP) is 2.67. The number of ether oxygens (including phenoxy) is 4. The third-order valence-corrected chi connectivity index (χ3v) is 9.61. The van der Waals surface area contributed by atoms with Crippen molar-refractivity contribution < 1.29 is 53.1 Å². The van der Waals surface area contributed by atoms with E-state index >= 15 is 0 Å². The molecule has 2 aromatic carbocycles. The number of aliphatic hydroxyl groups is 1. The molecule has 45 heavy (non-hydrogen) atoms. The molecule has 0 amide bonds. The molecule has 1 fully saturated rings. The number of carbonyl (C=O) groups is 5. The highest BCUT2D eigenvalue weighted by atomic mass is 16.6. The zero-order valence-electron chi connectivity index (χ0n) is 25.3. The Kier molecular flexibility index (Phi) is 7.61. The number of aryl methyl sites for hydroxylation is 2.